The summed E-state index contributed by atoms with van der Waals surface area (Å²) in [5.41, 5.74) is 1.49. The Morgan fingerprint density at radius 1 is 1.16 bits per heavy atom. The van der Waals surface area contributed by atoms with Crippen molar-refractivity contribution in [2.24, 2.45) is 0 Å². The zero-order valence-electron chi connectivity index (χ0n) is 23.7. The number of pyridine rings is 1. The lowest BCUT2D eigenvalue weighted by atomic mass is 9.69. The molecule has 2 fully saturated rings. The number of aromatic nitrogens is 8. The van der Waals surface area contributed by atoms with Gasteiger partial charge in [-0.2, -0.15) is 23.5 Å². The smallest absolute Gasteiger partial charge is 0.433 e. The molecule has 1 aliphatic heterocycles. The number of hydrogen-bond donors (Lipinski definition) is 1. The number of likely N-dealkylation sites (tertiary alicyclic amines) is 1. The molecule has 0 unspecified atom stereocenters. The van der Waals surface area contributed by atoms with Gasteiger partial charge in [-0.05, 0) is 43.4 Å². The average molecular weight is 603 g/mol. The normalized spacial score (nSPS) is 21.3. The Kier molecular flexibility index (Phi) is 7.04. The third-order valence-corrected chi connectivity index (χ3v) is 8.69. The number of imidazole rings is 1. The van der Waals surface area contributed by atoms with Crippen LogP contribution >= 0.6 is 0 Å². The molecule has 226 valence electrons. The molecule has 1 saturated heterocycles. The van der Waals surface area contributed by atoms with Crippen molar-refractivity contribution in [3.63, 3.8) is 0 Å². The van der Waals surface area contributed by atoms with E-state index in [9.17, 15) is 18.4 Å². The van der Waals surface area contributed by atoms with Crippen LogP contribution in [0, 0.1) is 11.3 Å². The number of H-pyrrole nitrogens is 1. The standard InChI is InChI=1S/C30H29F3N10O/c31-30(32,33)25-11-20(16-41-10-7-35-19-41)12-26(40-25)44-23-2-8-42(9-3-23)22-13-29(14-22,4-5-34)43-17-21(15-39-43)27-24-1-6-36-28(24)38-18-37-27/h1,6-7,10-12,15,17-19,22-23H,2-4,8-9,13-14,16H2,(H,36,37,38). The van der Waals surface area contributed by atoms with Gasteiger partial charge in [0.25, 0.3) is 0 Å². The fourth-order valence-electron chi connectivity index (χ4n) is 6.42. The summed E-state index contributed by atoms with van der Waals surface area (Å²) in [6.07, 6.45) is 10.4. The fourth-order valence-corrected chi connectivity index (χ4v) is 6.42. The van der Waals surface area contributed by atoms with Crippen LogP contribution in [0.4, 0.5) is 13.2 Å². The maximum atomic E-state index is 13.6. The number of ether oxygens (including phenoxy) is 1. The highest BCUT2D eigenvalue weighted by Crippen LogP contribution is 2.45. The van der Waals surface area contributed by atoms with Crippen molar-refractivity contribution >= 4 is 11.0 Å². The molecule has 0 radical (unpaired) electrons. The summed E-state index contributed by atoms with van der Waals surface area (Å²) in [6.45, 7) is 1.73. The Hall–Kier alpha value is -4.77. The predicted molar refractivity (Wildman–Crippen MR) is 152 cm³/mol. The number of nitrogens with zero attached hydrogens (tertiary/aromatic N) is 9. The van der Waals surface area contributed by atoms with Gasteiger partial charge in [0.1, 0.15) is 23.8 Å². The second kappa shape index (κ2) is 11.1. The molecule has 0 atom stereocenters. The molecular weight excluding hydrogens is 573 g/mol. The van der Waals surface area contributed by atoms with Crippen LogP contribution < -0.4 is 4.74 Å². The molecule has 6 heterocycles. The van der Waals surface area contributed by atoms with E-state index in [1.54, 1.807) is 35.6 Å². The fraction of sp³-hybridized carbons (Fsp3) is 0.400. The van der Waals surface area contributed by atoms with Gasteiger partial charge in [-0.1, -0.05) is 0 Å². The zero-order valence-corrected chi connectivity index (χ0v) is 23.7. The van der Waals surface area contributed by atoms with E-state index in [2.05, 4.69) is 41.0 Å². The van der Waals surface area contributed by atoms with Crippen molar-refractivity contribution in [3.8, 4) is 23.2 Å². The van der Waals surface area contributed by atoms with E-state index in [1.807, 2.05) is 23.1 Å². The van der Waals surface area contributed by atoms with Gasteiger partial charge in [0, 0.05) is 67.5 Å². The van der Waals surface area contributed by atoms with E-state index < -0.39 is 17.4 Å². The molecule has 0 spiro atoms. The largest absolute Gasteiger partial charge is 0.474 e. The molecule has 2 aliphatic rings. The van der Waals surface area contributed by atoms with E-state index in [4.69, 9.17) is 4.74 Å². The van der Waals surface area contributed by atoms with Gasteiger partial charge >= 0.3 is 6.18 Å². The summed E-state index contributed by atoms with van der Waals surface area (Å²) in [7, 11) is 0. The van der Waals surface area contributed by atoms with Crippen LogP contribution in [0.2, 0.25) is 0 Å². The van der Waals surface area contributed by atoms with Crippen LogP contribution in [0.15, 0.2) is 61.8 Å². The lowest BCUT2D eigenvalue weighted by Crippen LogP contribution is -2.58. The lowest BCUT2D eigenvalue weighted by molar-refractivity contribution is -0.141. The topological polar surface area (TPSA) is 126 Å². The molecule has 44 heavy (non-hydrogen) atoms. The van der Waals surface area contributed by atoms with Crippen LogP contribution in [0.5, 0.6) is 5.88 Å². The Morgan fingerprint density at radius 3 is 2.75 bits per heavy atom. The van der Waals surface area contributed by atoms with Gasteiger partial charge in [0.2, 0.25) is 5.88 Å². The highest BCUT2D eigenvalue weighted by atomic mass is 19.4. The predicted octanol–water partition coefficient (Wildman–Crippen LogP) is 4.79. The van der Waals surface area contributed by atoms with Crippen LogP contribution in [-0.2, 0) is 18.3 Å². The number of hydrogen-bond acceptors (Lipinski definition) is 8. The number of alkyl halides is 3. The van der Waals surface area contributed by atoms with Crippen molar-refractivity contribution < 1.29 is 17.9 Å². The zero-order chi connectivity index (χ0) is 30.3. The van der Waals surface area contributed by atoms with Crippen LogP contribution in [0.3, 0.4) is 0 Å². The summed E-state index contributed by atoms with van der Waals surface area (Å²) in [6, 6.07) is 7.19. The minimum Gasteiger partial charge on any atom is -0.474 e. The molecule has 0 bridgehead atoms. The van der Waals surface area contributed by atoms with Crippen molar-refractivity contribution in [3.05, 3.63) is 73.1 Å². The second-order valence-electron chi connectivity index (χ2n) is 11.5. The quantitative estimate of drug-likeness (QED) is 0.269. The summed E-state index contributed by atoms with van der Waals surface area (Å²) < 4.78 is 50.4. The van der Waals surface area contributed by atoms with Crippen molar-refractivity contribution in [2.75, 3.05) is 13.1 Å². The minimum atomic E-state index is -4.58. The van der Waals surface area contributed by atoms with Gasteiger partial charge < -0.3 is 14.3 Å². The molecule has 5 aromatic rings. The summed E-state index contributed by atoms with van der Waals surface area (Å²) in [5.74, 6) is -0.0137. The van der Waals surface area contributed by atoms with Crippen LogP contribution in [0.1, 0.15) is 43.4 Å². The monoisotopic (exact) mass is 602 g/mol. The third kappa shape index (κ3) is 5.39. The summed E-state index contributed by atoms with van der Waals surface area (Å²) in [4.78, 5) is 22.0. The van der Waals surface area contributed by atoms with Gasteiger partial charge in [-0.15, -0.1) is 0 Å². The van der Waals surface area contributed by atoms with Crippen molar-refractivity contribution in [1.29, 1.82) is 5.26 Å². The molecule has 1 N–H and O–H groups in total. The molecule has 0 aromatic carbocycles. The van der Waals surface area contributed by atoms with E-state index in [-0.39, 0.29) is 24.6 Å². The maximum Gasteiger partial charge on any atom is 0.433 e. The number of piperidine rings is 1. The lowest BCUT2D eigenvalue weighted by Gasteiger charge is -2.52. The Morgan fingerprint density at radius 2 is 2.00 bits per heavy atom. The van der Waals surface area contributed by atoms with Gasteiger partial charge in [-0.3, -0.25) is 9.58 Å². The van der Waals surface area contributed by atoms with Crippen molar-refractivity contribution in [1.82, 2.24) is 44.2 Å². The molecule has 14 heteroatoms. The first-order chi connectivity index (χ1) is 21.3. The number of nitriles is 1. The first kappa shape index (κ1) is 28.0. The highest BCUT2D eigenvalue weighted by molar-refractivity contribution is 5.90. The van der Waals surface area contributed by atoms with E-state index in [0.29, 0.717) is 24.8 Å². The van der Waals surface area contributed by atoms with Crippen molar-refractivity contribution in [2.45, 2.75) is 62.5 Å². The number of fused-ring (bicyclic) bond motifs is 1. The molecule has 1 saturated carbocycles. The molecule has 1 aliphatic carbocycles. The Balaban J connectivity index is 0.994. The summed E-state index contributed by atoms with van der Waals surface area (Å²) in [5, 5.41) is 15.2. The van der Waals surface area contributed by atoms with Gasteiger partial charge in [0.15, 0.2) is 0 Å². The van der Waals surface area contributed by atoms with Crippen LogP contribution in [-0.4, -0.2) is 69.4 Å². The summed E-state index contributed by atoms with van der Waals surface area (Å²) >= 11 is 0. The van der Waals surface area contributed by atoms with E-state index in [1.165, 1.54) is 6.33 Å². The number of halogens is 3. The third-order valence-electron chi connectivity index (χ3n) is 8.69. The number of aromatic amines is 1. The van der Waals surface area contributed by atoms with E-state index in [0.717, 1.165) is 54.3 Å². The maximum absolute atomic E-state index is 13.6. The highest BCUT2D eigenvalue weighted by Gasteiger charge is 2.49. The molecule has 7 rings (SSSR count). The average Bonchev–Trinajstić information content (AvgIpc) is 3.77. The number of rotatable bonds is 8. The molecule has 5 aromatic heterocycles. The first-order valence-corrected chi connectivity index (χ1v) is 14.4. The van der Waals surface area contributed by atoms with Gasteiger partial charge in [0.05, 0.1) is 36.2 Å². The first-order valence-electron chi connectivity index (χ1n) is 14.4. The van der Waals surface area contributed by atoms with E-state index >= 15 is 0 Å². The number of nitrogens with one attached hydrogen (secondary N) is 1. The SMILES string of the molecule is N#CCC1(n2cc(-c3ncnc4[nH]ccc34)cn2)CC(N2CCC(Oc3cc(Cn4ccnc4)cc(C(F)(F)F)n3)CC2)C1. The van der Waals surface area contributed by atoms with Gasteiger partial charge in [-0.25, -0.2) is 19.9 Å². The second-order valence-corrected chi connectivity index (χ2v) is 11.5. The molecule has 0 amide bonds. The molecule has 11 nitrogen and oxygen atoms in total. The Labute approximate surface area is 250 Å². The van der Waals surface area contributed by atoms with Crippen LogP contribution in [0.25, 0.3) is 22.3 Å². The Bertz CT molecular complexity index is 1790. The molecular formula is C30H29F3N10O. The minimum absolute atomic E-state index is 0.0137.